The number of nitrogens with zero attached hydrogens (tertiary/aromatic N) is 8. The van der Waals surface area contributed by atoms with E-state index in [1.54, 1.807) is 10.6 Å². The number of aryl methyl sites for hydroxylation is 2. The lowest BCUT2D eigenvalue weighted by Crippen LogP contribution is -2.46. The quantitative estimate of drug-likeness (QED) is 0.189. The van der Waals surface area contributed by atoms with Gasteiger partial charge in [0.1, 0.15) is 5.82 Å². The van der Waals surface area contributed by atoms with Crippen LogP contribution in [0, 0.1) is 19.7 Å². The number of rotatable bonds is 8. The van der Waals surface area contributed by atoms with Crippen LogP contribution in [-0.2, 0) is 6.54 Å². The zero-order chi connectivity index (χ0) is 39.9. The number of carbonyl (C=O) groups is 1. The van der Waals surface area contributed by atoms with Gasteiger partial charge in [-0.25, -0.2) is 28.2 Å². The van der Waals surface area contributed by atoms with Crippen molar-refractivity contribution >= 4 is 22.6 Å². The van der Waals surface area contributed by atoms with E-state index in [0.29, 0.717) is 37.0 Å². The summed E-state index contributed by atoms with van der Waals surface area (Å²) in [6.45, 7) is 9.49. The summed E-state index contributed by atoms with van der Waals surface area (Å²) >= 11 is 0. The first-order valence-electron chi connectivity index (χ1n) is 20.8. The maximum atomic E-state index is 14.7. The fraction of sp³-hybridized carbons (Fsp3) is 0.422. The van der Waals surface area contributed by atoms with Crippen molar-refractivity contribution < 1.29 is 9.18 Å². The smallest absolute Gasteiger partial charge is 0.337 e. The van der Waals surface area contributed by atoms with Gasteiger partial charge in [-0.1, -0.05) is 42.8 Å². The molecule has 1 N–H and O–H groups in total. The molecule has 1 aliphatic carbocycles. The molecule has 3 fully saturated rings. The molecular weight excluding hydrogens is 734 g/mol. The topological polar surface area (TPSA) is 123 Å². The molecular formula is C45H50FN9O3. The maximum Gasteiger partial charge on any atom is 0.337 e. The van der Waals surface area contributed by atoms with Crippen LogP contribution in [-0.4, -0.2) is 82.7 Å². The first kappa shape index (κ1) is 38.0. The molecule has 0 atom stereocenters. The molecule has 13 heteroatoms. The van der Waals surface area contributed by atoms with Crippen molar-refractivity contribution in [3.05, 3.63) is 122 Å². The Labute approximate surface area is 336 Å². The summed E-state index contributed by atoms with van der Waals surface area (Å²) in [5, 5.41) is 7.58. The van der Waals surface area contributed by atoms with E-state index in [4.69, 9.17) is 0 Å². The van der Waals surface area contributed by atoms with Gasteiger partial charge in [0.25, 0.3) is 11.5 Å². The molecule has 0 bridgehead atoms. The molecule has 1 amide bonds. The van der Waals surface area contributed by atoms with E-state index in [-0.39, 0.29) is 28.7 Å². The molecule has 2 saturated heterocycles. The highest BCUT2D eigenvalue weighted by Gasteiger charge is 2.29. The summed E-state index contributed by atoms with van der Waals surface area (Å²) in [4.78, 5) is 55.7. The number of hydrogen-bond acceptors (Lipinski definition) is 8. The van der Waals surface area contributed by atoms with E-state index >= 15 is 0 Å². The van der Waals surface area contributed by atoms with Crippen LogP contribution in [0.25, 0.3) is 33.5 Å². The Morgan fingerprint density at radius 1 is 0.828 bits per heavy atom. The third kappa shape index (κ3) is 7.60. The van der Waals surface area contributed by atoms with Gasteiger partial charge >= 0.3 is 5.69 Å². The van der Waals surface area contributed by atoms with Crippen molar-refractivity contribution in [3.8, 4) is 16.8 Å². The molecule has 12 nitrogen and oxygen atoms in total. The molecule has 9 rings (SSSR count). The number of fused-ring (bicyclic) bond motifs is 2. The number of nitrogens with one attached hydrogen (secondary N) is 1. The van der Waals surface area contributed by atoms with E-state index in [1.165, 1.54) is 59.9 Å². The zero-order valence-electron chi connectivity index (χ0n) is 33.2. The summed E-state index contributed by atoms with van der Waals surface area (Å²) in [5.41, 5.74) is 5.35. The van der Waals surface area contributed by atoms with Gasteiger partial charge in [-0.15, -0.1) is 0 Å². The molecule has 6 aromatic rings. The van der Waals surface area contributed by atoms with Gasteiger partial charge in [0.15, 0.2) is 17.0 Å². The molecule has 58 heavy (non-hydrogen) atoms. The van der Waals surface area contributed by atoms with Crippen molar-refractivity contribution in [2.45, 2.75) is 96.3 Å². The predicted molar refractivity (Wildman–Crippen MR) is 222 cm³/mol. The van der Waals surface area contributed by atoms with Gasteiger partial charge in [-0.05, 0) is 132 Å². The maximum absolute atomic E-state index is 14.7. The van der Waals surface area contributed by atoms with Crippen LogP contribution in [0.1, 0.15) is 91.3 Å². The number of benzene rings is 2. The summed E-state index contributed by atoms with van der Waals surface area (Å²) in [5.74, 6) is -0.948. The Balaban J connectivity index is 0.918. The van der Waals surface area contributed by atoms with E-state index in [1.807, 2.05) is 44.2 Å². The average Bonchev–Trinajstić information content (AvgIpc) is 3.68. The highest BCUT2D eigenvalue weighted by Crippen LogP contribution is 2.29. The lowest BCUT2D eigenvalue weighted by atomic mass is 9.90. The third-order valence-electron chi connectivity index (χ3n) is 12.5. The minimum atomic E-state index is -0.652. The van der Waals surface area contributed by atoms with E-state index in [9.17, 15) is 18.8 Å². The normalized spacial score (nSPS) is 19.8. The van der Waals surface area contributed by atoms with Crippen LogP contribution < -0.4 is 16.6 Å². The van der Waals surface area contributed by atoms with Crippen LogP contribution in [0.2, 0.25) is 0 Å². The number of likely N-dealkylation sites (tertiary alicyclic amines) is 2. The minimum Gasteiger partial charge on any atom is -0.348 e. The second-order valence-corrected chi connectivity index (χ2v) is 16.5. The van der Waals surface area contributed by atoms with Crippen molar-refractivity contribution in [1.29, 1.82) is 0 Å². The molecule has 4 aromatic heterocycles. The Kier molecular flexibility index (Phi) is 10.5. The summed E-state index contributed by atoms with van der Waals surface area (Å²) in [7, 11) is 0. The summed E-state index contributed by atoms with van der Waals surface area (Å²) in [6.07, 6.45) is 9.59. The fourth-order valence-electron chi connectivity index (χ4n) is 9.48. The second-order valence-electron chi connectivity index (χ2n) is 16.5. The minimum absolute atomic E-state index is 0.0377. The van der Waals surface area contributed by atoms with Crippen LogP contribution >= 0.6 is 0 Å². The monoisotopic (exact) mass is 783 g/mol. The fourth-order valence-corrected chi connectivity index (χ4v) is 9.48. The number of piperidine rings is 2. The first-order valence-corrected chi connectivity index (χ1v) is 20.8. The summed E-state index contributed by atoms with van der Waals surface area (Å²) in [6, 6.07) is 21.1. The predicted octanol–water partition coefficient (Wildman–Crippen LogP) is 6.38. The largest absolute Gasteiger partial charge is 0.348 e. The molecule has 3 aliphatic rings. The lowest BCUT2D eigenvalue weighted by Gasteiger charge is -2.40. The van der Waals surface area contributed by atoms with Crippen molar-refractivity contribution in [2.75, 3.05) is 26.2 Å². The van der Waals surface area contributed by atoms with Crippen molar-refractivity contribution in [2.24, 2.45) is 0 Å². The lowest BCUT2D eigenvalue weighted by molar-refractivity contribution is 0.0896. The standard InChI is InChI=1S/C45H50FN9O3/c1-29-23-30(2)55-41(48-29)26-40(50-55)43(56)49-35-13-15-37(16-14-35)54-44(57)39-25-34(46)27-47-42(39)53(45(54)58)38-8-6-7-33(24-38)32-11-9-31(10-12-32)28-51-21-17-36(18-22-51)52-19-4-3-5-20-52/h6-12,23-27,35-37H,3-5,13-22,28H2,1-2H3,(H,49,56)/t35-,37+. The number of pyridine rings is 1. The number of halogens is 1. The van der Waals surface area contributed by atoms with Gasteiger partial charge < -0.3 is 10.2 Å². The highest BCUT2D eigenvalue weighted by molar-refractivity contribution is 5.93. The number of aromatic nitrogens is 6. The van der Waals surface area contributed by atoms with Crippen LogP contribution in [0.3, 0.4) is 0 Å². The van der Waals surface area contributed by atoms with Crippen LogP contribution in [0.5, 0.6) is 0 Å². The van der Waals surface area contributed by atoms with Gasteiger partial charge in [0, 0.05) is 42.1 Å². The Morgan fingerprint density at radius 3 is 2.34 bits per heavy atom. The molecule has 6 heterocycles. The zero-order valence-corrected chi connectivity index (χ0v) is 33.2. The molecule has 0 radical (unpaired) electrons. The molecule has 0 unspecified atom stereocenters. The van der Waals surface area contributed by atoms with Crippen molar-refractivity contribution in [3.63, 3.8) is 0 Å². The van der Waals surface area contributed by atoms with Crippen molar-refractivity contribution in [1.82, 2.24) is 43.8 Å². The SMILES string of the molecule is Cc1cc(C)n2nc(C(=O)N[C@H]3CC[C@@H](n4c(=O)c5cc(F)cnc5n(-c5cccc(-c6ccc(CN7CCC(N8CCCCC8)CC7)cc6)c5)c4=O)CC3)cc2n1. The molecule has 2 aromatic carbocycles. The third-order valence-corrected chi connectivity index (χ3v) is 12.5. The Bertz CT molecular complexity index is 2590. The van der Waals surface area contributed by atoms with E-state index in [0.717, 1.165) is 60.5 Å². The number of carbonyl (C=O) groups excluding carboxylic acids is 1. The molecule has 300 valence electrons. The van der Waals surface area contributed by atoms with Gasteiger partial charge in [0.2, 0.25) is 0 Å². The Morgan fingerprint density at radius 2 is 1.59 bits per heavy atom. The van der Waals surface area contributed by atoms with Gasteiger partial charge in [0.05, 0.1) is 17.3 Å². The molecule has 0 spiro atoms. The number of amides is 1. The first-order chi connectivity index (χ1) is 28.2. The van der Waals surface area contributed by atoms with Crippen LogP contribution in [0.15, 0.2) is 82.5 Å². The van der Waals surface area contributed by atoms with E-state index < -0.39 is 23.1 Å². The number of hydrogen-bond donors (Lipinski definition) is 1. The second kappa shape index (κ2) is 16.0. The Hall–Kier alpha value is -5.53. The van der Waals surface area contributed by atoms with E-state index in [2.05, 4.69) is 54.4 Å². The highest BCUT2D eigenvalue weighted by atomic mass is 19.1. The molecule has 2 aliphatic heterocycles. The van der Waals surface area contributed by atoms with Gasteiger partial charge in [-0.2, -0.15) is 5.10 Å². The summed E-state index contributed by atoms with van der Waals surface area (Å²) < 4.78 is 19.0. The average molecular weight is 784 g/mol. The molecule has 1 saturated carbocycles. The van der Waals surface area contributed by atoms with Gasteiger partial charge in [-0.3, -0.25) is 19.1 Å². The van der Waals surface area contributed by atoms with Crippen LogP contribution in [0.4, 0.5) is 4.39 Å².